The van der Waals surface area contributed by atoms with Gasteiger partial charge in [-0.05, 0) is 28.4 Å². The monoisotopic (exact) mass is 300 g/mol. The molecule has 0 aliphatic heterocycles. The number of hydrogen-bond acceptors (Lipinski definition) is 1. The Balaban J connectivity index is 3.25. The zero-order valence-corrected chi connectivity index (χ0v) is 13.3. The Bertz CT molecular complexity index is 324. The van der Waals surface area contributed by atoms with Gasteiger partial charge in [0, 0.05) is 11.6 Å². The molecule has 0 fully saturated rings. The van der Waals surface area contributed by atoms with Crippen molar-refractivity contribution in [2.45, 2.75) is 38.8 Å². The lowest BCUT2D eigenvalue weighted by molar-refractivity contribution is 0.385. The fourth-order valence-corrected chi connectivity index (χ4v) is 7.43. The van der Waals surface area contributed by atoms with E-state index in [4.69, 9.17) is 4.43 Å². The summed E-state index contributed by atoms with van der Waals surface area (Å²) in [6, 6.07) is 8.64. The van der Waals surface area contributed by atoms with Gasteiger partial charge in [0.1, 0.15) is 0 Å². The number of halogens is 1. The van der Waals surface area contributed by atoms with Crippen molar-refractivity contribution >= 4 is 29.4 Å². The Morgan fingerprint density at radius 3 is 1.75 bits per heavy atom. The van der Waals surface area contributed by atoms with E-state index in [0.717, 1.165) is 4.47 Å². The fraction of sp³-hybridized carbons (Fsp3) is 0.538. The minimum absolute atomic E-state index is 0.582. The molecule has 1 rings (SSSR count). The molecular formula is C13H21BrOSi. The highest BCUT2D eigenvalue weighted by atomic mass is 79.9. The summed E-state index contributed by atoms with van der Waals surface area (Å²) in [5.74, 6) is 0. The average molecular weight is 301 g/mol. The molecule has 3 heteroatoms. The maximum atomic E-state index is 6.01. The lowest BCUT2D eigenvalue weighted by Crippen LogP contribution is -2.55. The molecule has 0 radical (unpaired) electrons. The first-order valence-corrected chi connectivity index (χ1v) is 8.62. The predicted octanol–water partition coefficient (Wildman–Crippen LogP) is 4.07. The van der Waals surface area contributed by atoms with Crippen LogP contribution in [-0.4, -0.2) is 15.4 Å². The fourth-order valence-electron chi connectivity index (χ4n) is 2.63. The minimum Gasteiger partial charge on any atom is -0.415 e. The second-order valence-corrected chi connectivity index (χ2v) is 10.6. The van der Waals surface area contributed by atoms with Gasteiger partial charge in [-0.15, -0.1) is 0 Å². The quantitative estimate of drug-likeness (QED) is 0.762. The second-order valence-electron chi connectivity index (χ2n) is 4.81. The molecule has 1 aromatic carbocycles. The van der Waals surface area contributed by atoms with Crippen LogP contribution < -0.4 is 5.19 Å². The van der Waals surface area contributed by atoms with Crippen LogP contribution >= 0.6 is 15.9 Å². The van der Waals surface area contributed by atoms with Gasteiger partial charge in [-0.2, -0.15) is 0 Å². The third kappa shape index (κ3) is 2.41. The van der Waals surface area contributed by atoms with Crippen molar-refractivity contribution in [1.29, 1.82) is 0 Å². The molecule has 1 nitrogen and oxygen atoms in total. The summed E-state index contributed by atoms with van der Waals surface area (Å²) >= 11 is 3.48. The van der Waals surface area contributed by atoms with Gasteiger partial charge in [-0.25, -0.2) is 0 Å². The van der Waals surface area contributed by atoms with E-state index in [1.165, 1.54) is 5.19 Å². The summed E-state index contributed by atoms with van der Waals surface area (Å²) < 4.78 is 7.14. The molecule has 0 saturated carbocycles. The Labute approximate surface area is 108 Å². The van der Waals surface area contributed by atoms with Crippen molar-refractivity contribution in [3.05, 3.63) is 28.7 Å². The first kappa shape index (κ1) is 13.9. The lowest BCUT2D eigenvalue weighted by Gasteiger charge is -2.37. The normalized spacial score (nSPS) is 12.5. The Kier molecular flexibility index (Phi) is 4.77. The summed E-state index contributed by atoms with van der Waals surface area (Å²) in [5, 5.41) is 1.39. The van der Waals surface area contributed by atoms with E-state index in [9.17, 15) is 0 Å². The zero-order valence-electron chi connectivity index (χ0n) is 10.8. The maximum Gasteiger partial charge on any atom is 0.228 e. The first-order valence-electron chi connectivity index (χ1n) is 5.76. The molecule has 0 atom stereocenters. The number of rotatable bonds is 4. The molecule has 0 heterocycles. The van der Waals surface area contributed by atoms with E-state index >= 15 is 0 Å². The van der Waals surface area contributed by atoms with Crippen LogP contribution in [0.15, 0.2) is 28.7 Å². The molecule has 0 saturated heterocycles. The summed E-state index contributed by atoms with van der Waals surface area (Å²) in [6.07, 6.45) is 0. The van der Waals surface area contributed by atoms with E-state index in [0.29, 0.717) is 11.1 Å². The van der Waals surface area contributed by atoms with Gasteiger partial charge in [0.05, 0.1) is 0 Å². The largest absolute Gasteiger partial charge is 0.415 e. The molecule has 90 valence electrons. The average Bonchev–Trinajstić information content (AvgIpc) is 2.21. The van der Waals surface area contributed by atoms with Gasteiger partial charge in [0.2, 0.25) is 8.32 Å². The topological polar surface area (TPSA) is 9.23 Å². The molecular weight excluding hydrogens is 280 g/mol. The van der Waals surface area contributed by atoms with Crippen molar-refractivity contribution < 1.29 is 4.43 Å². The van der Waals surface area contributed by atoms with E-state index in [-0.39, 0.29) is 0 Å². The van der Waals surface area contributed by atoms with Crippen LogP contribution in [0.25, 0.3) is 0 Å². The van der Waals surface area contributed by atoms with Crippen LogP contribution in [0.4, 0.5) is 0 Å². The van der Waals surface area contributed by atoms with Crippen LogP contribution in [0, 0.1) is 0 Å². The van der Waals surface area contributed by atoms with Crippen LogP contribution in [0.5, 0.6) is 0 Å². The number of hydrogen-bond donors (Lipinski definition) is 0. The van der Waals surface area contributed by atoms with Gasteiger partial charge >= 0.3 is 0 Å². The third-order valence-corrected chi connectivity index (χ3v) is 9.22. The van der Waals surface area contributed by atoms with Crippen LogP contribution in [0.1, 0.15) is 27.7 Å². The van der Waals surface area contributed by atoms with Crippen LogP contribution in [-0.2, 0) is 4.43 Å². The standard InChI is InChI=1S/C13H21BrOSi/c1-10(2)16(15-5,11(3)4)13-8-6-12(14)7-9-13/h6-11H,1-5H3. The molecule has 0 unspecified atom stereocenters. The summed E-state index contributed by atoms with van der Waals surface area (Å²) in [4.78, 5) is 0. The van der Waals surface area contributed by atoms with E-state index in [1.807, 2.05) is 7.11 Å². The molecule has 16 heavy (non-hydrogen) atoms. The van der Waals surface area contributed by atoms with Gasteiger partial charge in [-0.1, -0.05) is 55.8 Å². The molecule has 0 amide bonds. The molecule has 1 aromatic rings. The van der Waals surface area contributed by atoms with Crippen molar-refractivity contribution in [3.8, 4) is 0 Å². The highest BCUT2D eigenvalue weighted by Crippen LogP contribution is 2.32. The Morgan fingerprint density at radius 2 is 1.44 bits per heavy atom. The van der Waals surface area contributed by atoms with Crippen molar-refractivity contribution in [1.82, 2.24) is 0 Å². The molecule has 0 aliphatic carbocycles. The molecule has 0 aliphatic rings. The summed E-state index contributed by atoms with van der Waals surface area (Å²) in [5.41, 5.74) is 1.16. The highest BCUT2D eigenvalue weighted by molar-refractivity contribution is 9.10. The van der Waals surface area contributed by atoms with Gasteiger partial charge in [0.15, 0.2) is 0 Å². The van der Waals surface area contributed by atoms with Crippen LogP contribution in [0.3, 0.4) is 0 Å². The maximum absolute atomic E-state index is 6.01. The highest BCUT2D eigenvalue weighted by Gasteiger charge is 2.42. The van der Waals surface area contributed by atoms with Gasteiger partial charge in [-0.3, -0.25) is 0 Å². The predicted molar refractivity (Wildman–Crippen MR) is 76.7 cm³/mol. The molecule has 0 spiro atoms. The Morgan fingerprint density at radius 1 is 1.00 bits per heavy atom. The summed E-state index contributed by atoms with van der Waals surface area (Å²) in [6.45, 7) is 9.10. The van der Waals surface area contributed by atoms with Gasteiger partial charge in [0.25, 0.3) is 0 Å². The minimum atomic E-state index is -1.84. The smallest absolute Gasteiger partial charge is 0.228 e. The van der Waals surface area contributed by atoms with Crippen molar-refractivity contribution in [2.75, 3.05) is 7.11 Å². The van der Waals surface area contributed by atoms with Crippen molar-refractivity contribution in [3.63, 3.8) is 0 Å². The lowest BCUT2D eigenvalue weighted by atomic mass is 10.4. The first-order chi connectivity index (χ1) is 7.45. The van der Waals surface area contributed by atoms with E-state index < -0.39 is 8.32 Å². The molecule has 0 bridgehead atoms. The van der Waals surface area contributed by atoms with Crippen LogP contribution in [0.2, 0.25) is 11.1 Å². The van der Waals surface area contributed by atoms with E-state index in [2.05, 4.69) is 67.9 Å². The molecule has 0 aromatic heterocycles. The second kappa shape index (κ2) is 5.47. The summed E-state index contributed by atoms with van der Waals surface area (Å²) in [7, 11) is 0.0253. The van der Waals surface area contributed by atoms with Gasteiger partial charge < -0.3 is 4.43 Å². The van der Waals surface area contributed by atoms with Crippen molar-refractivity contribution in [2.24, 2.45) is 0 Å². The SMILES string of the molecule is CO[Si](c1ccc(Br)cc1)(C(C)C)C(C)C. The molecule has 0 N–H and O–H groups in total. The Hall–Kier alpha value is -0.123. The van der Waals surface area contributed by atoms with E-state index in [1.54, 1.807) is 0 Å². The third-order valence-electron chi connectivity index (χ3n) is 3.35. The number of benzene rings is 1. The zero-order chi connectivity index (χ0) is 12.3.